The zero-order valence-electron chi connectivity index (χ0n) is 20.0. The van der Waals surface area contributed by atoms with Crippen LogP contribution in [0.25, 0.3) is 0 Å². The molecule has 2 heterocycles. The van der Waals surface area contributed by atoms with E-state index >= 15 is 4.39 Å². The number of benzene rings is 2. The highest BCUT2D eigenvalue weighted by atomic mass is 32.2. The largest absolute Gasteiger partial charge is 0.381 e. The molecule has 7 nitrogen and oxygen atoms in total. The molecule has 2 N–H and O–H groups in total. The Labute approximate surface area is 206 Å². The van der Waals surface area contributed by atoms with Gasteiger partial charge in [0, 0.05) is 36.8 Å². The highest BCUT2D eigenvalue weighted by Crippen LogP contribution is 2.39. The van der Waals surface area contributed by atoms with Crippen molar-refractivity contribution in [1.82, 2.24) is 4.31 Å². The standard InChI is InChI=1S/C26H33FN2O5S/c1-19-7-10-24(20-5-3-2-4-6-20)35(31,32)29(19)16-21-8-9-22(15-23(21)27)26(11-13-33-14-12-26)18-34-17-25(28)30/h2-6,8-9,15,19,24H,7,10-14,16-18H2,1H3,(H2,28,30)/t19-,24+/m0/s1. The van der Waals surface area contributed by atoms with Crippen molar-refractivity contribution in [2.75, 3.05) is 26.4 Å². The summed E-state index contributed by atoms with van der Waals surface area (Å²) >= 11 is 0. The van der Waals surface area contributed by atoms with Crippen LogP contribution in [-0.4, -0.2) is 51.1 Å². The normalized spacial score (nSPS) is 24.2. The maximum absolute atomic E-state index is 15.4. The van der Waals surface area contributed by atoms with Gasteiger partial charge < -0.3 is 15.2 Å². The monoisotopic (exact) mass is 504 g/mol. The summed E-state index contributed by atoms with van der Waals surface area (Å²) in [5.41, 5.74) is 6.56. The van der Waals surface area contributed by atoms with E-state index in [9.17, 15) is 13.2 Å². The lowest BCUT2D eigenvalue weighted by atomic mass is 9.74. The molecule has 2 aromatic rings. The zero-order valence-corrected chi connectivity index (χ0v) is 20.8. The Morgan fingerprint density at radius 1 is 1.17 bits per heavy atom. The van der Waals surface area contributed by atoms with Gasteiger partial charge in [0.05, 0.1) is 6.61 Å². The van der Waals surface area contributed by atoms with E-state index in [1.165, 1.54) is 10.4 Å². The summed E-state index contributed by atoms with van der Waals surface area (Å²) in [6.45, 7) is 2.90. The number of amides is 1. The fraction of sp³-hybridized carbons (Fsp3) is 0.500. The van der Waals surface area contributed by atoms with Crippen molar-refractivity contribution in [3.63, 3.8) is 0 Å². The molecule has 0 bridgehead atoms. The van der Waals surface area contributed by atoms with E-state index < -0.39 is 32.4 Å². The third-order valence-electron chi connectivity index (χ3n) is 7.26. The minimum absolute atomic E-state index is 0.0206. The molecule has 1 amide bonds. The molecule has 2 atom stereocenters. The summed E-state index contributed by atoms with van der Waals surface area (Å²) in [6, 6.07) is 14.0. The van der Waals surface area contributed by atoms with Crippen LogP contribution >= 0.6 is 0 Å². The highest BCUT2D eigenvalue weighted by Gasteiger charge is 2.41. The molecule has 35 heavy (non-hydrogen) atoms. The molecule has 0 radical (unpaired) electrons. The quantitative estimate of drug-likeness (QED) is 0.594. The molecule has 0 aromatic heterocycles. The summed E-state index contributed by atoms with van der Waals surface area (Å²) in [6.07, 6.45) is 2.50. The van der Waals surface area contributed by atoms with E-state index in [0.717, 1.165) is 11.1 Å². The smallest absolute Gasteiger partial charge is 0.243 e. The summed E-state index contributed by atoms with van der Waals surface area (Å²) < 4.78 is 54.9. The van der Waals surface area contributed by atoms with Crippen LogP contribution in [0.2, 0.25) is 0 Å². The summed E-state index contributed by atoms with van der Waals surface area (Å²) in [4.78, 5) is 11.1. The molecule has 2 aromatic carbocycles. The van der Waals surface area contributed by atoms with Gasteiger partial charge in [-0.25, -0.2) is 12.8 Å². The molecule has 2 aliphatic rings. The van der Waals surface area contributed by atoms with Crippen molar-refractivity contribution in [3.8, 4) is 0 Å². The van der Waals surface area contributed by atoms with Gasteiger partial charge in [-0.1, -0.05) is 42.5 Å². The van der Waals surface area contributed by atoms with Crippen molar-refractivity contribution in [2.45, 2.75) is 55.9 Å². The molecule has 2 aliphatic heterocycles. The fourth-order valence-corrected chi connectivity index (χ4v) is 7.34. The Kier molecular flexibility index (Phi) is 7.90. The number of nitrogens with two attached hydrogens (primary N) is 1. The Bertz CT molecular complexity index is 1140. The minimum Gasteiger partial charge on any atom is -0.381 e. The molecule has 2 saturated heterocycles. The molecule has 9 heteroatoms. The summed E-state index contributed by atoms with van der Waals surface area (Å²) in [7, 11) is -3.66. The van der Waals surface area contributed by atoms with Crippen LogP contribution in [0.1, 0.15) is 54.5 Å². The molecule has 0 unspecified atom stereocenters. The Balaban J connectivity index is 1.57. The maximum Gasteiger partial charge on any atom is 0.243 e. The van der Waals surface area contributed by atoms with Crippen molar-refractivity contribution >= 4 is 15.9 Å². The van der Waals surface area contributed by atoms with Crippen LogP contribution in [0, 0.1) is 5.82 Å². The predicted molar refractivity (Wildman–Crippen MR) is 130 cm³/mol. The van der Waals surface area contributed by atoms with E-state index in [2.05, 4.69) is 0 Å². The number of hydrogen-bond donors (Lipinski definition) is 1. The third-order valence-corrected chi connectivity index (χ3v) is 9.63. The topological polar surface area (TPSA) is 98.9 Å². The Hall–Kier alpha value is -2.33. The third kappa shape index (κ3) is 5.58. The number of rotatable bonds is 8. The molecule has 4 rings (SSSR count). The molecule has 0 aliphatic carbocycles. The van der Waals surface area contributed by atoms with E-state index in [1.54, 1.807) is 6.07 Å². The summed E-state index contributed by atoms with van der Waals surface area (Å²) in [5, 5.41) is -0.629. The van der Waals surface area contributed by atoms with Gasteiger partial charge in [-0.15, -0.1) is 0 Å². The van der Waals surface area contributed by atoms with Crippen molar-refractivity contribution < 1.29 is 27.1 Å². The second-order valence-corrected chi connectivity index (χ2v) is 11.6. The van der Waals surface area contributed by atoms with Crippen molar-refractivity contribution in [1.29, 1.82) is 0 Å². The van der Waals surface area contributed by atoms with Gasteiger partial charge in [0.2, 0.25) is 15.9 Å². The van der Waals surface area contributed by atoms with Gasteiger partial charge in [0.1, 0.15) is 17.7 Å². The van der Waals surface area contributed by atoms with Gasteiger partial charge in [0.15, 0.2) is 0 Å². The van der Waals surface area contributed by atoms with Crippen LogP contribution < -0.4 is 5.73 Å². The Morgan fingerprint density at radius 3 is 2.54 bits per heavy atom. The molecule has 2 fully saturated rings. The number of sulfonamides is 1. The van der Waals surface area contributed by atoms with E-state index in [1.807, 2.05) is 43.3 Å². The first-order valence-electron chi connectivity index (χ1n) is 12.0. The Morgan fingerprint density at radius 2 is 1.89 bits per heavy atom. The summed E-state index contributed by atoms with van der Waals surface area (Å²) in [5.74, 6) is -1.01. The number of halogens is 1. The van der Waals surface area contributed by atoms with Crippen LogP contribution in [0.5, 0.6) is 0 Å². The second-order valence-electron chi connectivity index (χ2n) is 9.57. The van der Waals surface area contributed by atoms with Crippen molar-refractivity contribution in [3.05, 3.63) is 71.0 Å². The second kappa shape index (κ2) is 10.7. The minimum atomic E-state index is -3.66. The lowest BCUT2D eigenvalue weighted by Crippen LogP contribution is -2.45. The van der Waals surface area contributed by atoms with Crippen molar-refractivity contribution in [2.24, 2.45) is 5.73 Å². The number of ether oxygens (including phenoxy) is 2. The fourth-order valence-electron chi connectivity index (χ4n) is 5.15. The lowest BCUT2D eigenvalue weighted by Gasteiger charge is -2.38. The van der Waals surface area contributed by atoms with Gasteiger partial charge in [-0.05, 0) is 49.8 Å². The zero-order chi connectivity index (χ0) is 25.1. The number of hydrogen-bond acceptors (Lipinski definition) is 5. The van der Waals surface area contributed by atoms with Crippen LogP contribution in [0.4, 0.5) is 4.39 Å². The highest BCUT2D eigenvalue weighted by molar-refractivity contribution is 7.89. The van der Waals surface area contributed by atoms with Crippen LogP contribution in [0.15, 0.2) is 48.5 Å². The number of nitrogens with zero attached hydrogens (tertiary/aromatic N) is 1. The van der Waals surface area contributed by atoms with Crippen LogP contribution in [0.3, 0.4) is 0 Å². The first kappa shape index (κ1) is 25.8. The first-order valence-corrected chi connectivity index (χ1v) is 13.5. The molecular weight excluding hydrogens is 471 g/mol. The van der Waals surface area contributed by atoms with Gasteiger partial charge in [0.25, 0.3) is 0 Å². The number of carbonyl (C=O) groups is 1. The molecule has 0 saturated carbocycles. The predicted octanol–water partition coefficient (Wildman–Crippen LogP) is 3.43. The van der Waals surface area contributed by atoms with E-state index in [-0.39, 0.29) is 25.8 Å². The van der Waals surface area contributed by atoms with Gasteiger partial charge >= 0.3 is 0 Å². The molecule has 190 valence electrons. The van der Waals surface area contributed by atoms with E-state index in [0.29, 0.717) is 44.5 Å². The lowest BCUT2D eigenvalue weighted by molar-refractivity contribution is -0.123. The van der Waals surface area contributed by atoms with Crippen LogP contribution in [-0.2, 0) is 36.3 Å². The first-order chi connectivity index (χ1) is 16.7. The van der Waals surface area contributed by atoms with Gasteiger partial charge in [-0.2, -0.15) is 4.31 Å². The average molecular weight is 505 g/mol. The van der Waals surface area contributed by atoms with E-state index in [4.69, 9.17) is 15.2 Å². The molecular formula is C26H33FN2O5S. The van der Waals surface area contributed by atoms with Gasteiger partial charge in [-0.3, -0.25) is 4.79 Å². The molecule has 0 spiro atoms. The number of carbonyl (C=O) groups excluding carboxylic acids is 1. The SMILES string of the molecule is C[C@H]1CC[C@H](c2ccccc2)S(=O)(=O)N1Cc1ccc(C2(COCC(N)=O)CCOCC2)cc1F. The number of primary amides is 1. The maximum atomic E-state index is 15.4. The average Bonchev–Trinajstić information content (AvgIpc) is 2.83.